The zero-order valence-corrected chi connectivity index (χ0v) is 15.8. The van der Waals surface area contributed by atoms with Crippen molar-refractivity contribution in [3.05, 3.63) is 98.4 Å². The minimum Gasteiger partial charge on any atom is -0.496 e. The first-order valence-corrected chi connectivity index (χ1v) is 8.92. The molecular weight excluding hydrogens is 416 g/mol. The Hall–Kier alpha value is -1.58. The number of hydrogen-bond donors (Lipinski definition) is 0. The Kier molecular flexibility index (Phi) is 5.19. The number of ether oxygens (including phenoxy) is 1. The van der Waals surface area contributed by atoms with Crippen molar-refractivity contribution in [3.8, 4) is 5.75 Å². The summed E-state index contributed by atoms with van der Waals surface area (Å²) in [5.41, 5.74) is 3.57. The van der Waals surface area contributed by atoms with Crippen molar-refractivity contribution < 1.29 is 4.74 Å². The summed E-state index contributed by atoms with van der Waals surface area (Å²) in [5.74, 6) is 0.973. The van der Waals surface area contributed by atoms with Gasteiger partial charge in [-0.2, -0.15) is 0 Å². The molecule has 0 atom stereocenters. The van der Waals surface area contributed by atoms with Crippen LogP contribution in [0.15, 0.2) is 81.7 Å². The van der Waals surface area contributed by atoms with Crippen LogP contribution in [0.5, 0.6) is 5.75 Å². The maximum Gasteiger partial charge on any atom is 0.123 e. The van der Waals surface area contributed by atoms with E-state index in [-0.39, 0.29) is 5.92 Å². The smallest absolute Gasteiger partial charge is 0.123 e. The molecule has 3 aromatic rings. The molecule has 0 spiro atoms. The van der Waals surface area contributed by atoms with E-state index >= 15 is 0 Å². The molecule has 0 aliphatic heterocycles. The van der Waals surface area contributed by atoms with Crippen LogP contribution in [0.3, 0.4) is 0 Å². The van der Waals surface area contributed by atoms with Crippen LogP contribution in [0.4, 0.5) is 0 Å². The van der Waals surface area contributed by atoms with Gasteiger partial charge in [0.25, 0.3) is 0 Å². The van der Waals surface area contributed by atoms with Crippen LogP contribution in [-0.2, 0) is 0 Å². The van der Waals surface area contributed by atoms with Gasteiger partial charge in [0.1, 0.15) is 5.75 Å². The lowest BCUT2D eigenvalue weighted by atomic mass is 9.84. The Morgan fingerprint density at radius 2 is 1.09 bits per heavy atom. The van der Waals surface area contributed by atoms with Gasteiger partial charge in [-0.15, -0.1) is 0 Å². The van der Waals surface area contributed by atoms with Gasteiger partial charge in [0.2, 0.25) is 0 Å². The Morgan fingerprint density at radius 3 is 1.57 bits per heavy atom. The second-order valence-corrected chi connectivity index (χ2v) is 6.93. The fourth-order valence-corrected chi connectivity index (χ4v) is 3.85. The predicted octanol–water partition coefficient (Wildman–Crippen LogP) is 6.40. The summed E-state index contributed by atoms with van der Waals surface area (Å²) in [6.07, 6.45) is 0. The van der Waals surface area contributed by atoms with E-state index in [1.165, 1.54) is 11.1 Å². The number of para-hydroxylation sites is 1. The van der Waals surface area contributed by atoms with Crippen molar-refractivity contribution in [2.24, 2.45) is 0 Å². The Labute approximate surface area is 153 Å². The Balaban J connectivity index is 2.27. The van der Waals surface area contributed by atoms with Crippen LogP contribution in [-0.4, -0.2) is 7.11 Å². The molecule has 0 aliphatic rings. The molecule has 0 saturated heterocycles. The van der Waals surface area contributed by atoms with Gasteiger partial charge >= 0.3 is 0 Å². The fraction of sp³-hybridized carbons (Fsp3) is 0.100. The molecule has 3 rings (SSSR count). The van der Waals surface area contributed by atoms with Crippen LogP contribution >= 0.6 is 31.9 Å². The highest BCUT2D eigenvalue weighted by Gasteiger charge is 2.23. The fourth-order valence-electron chi connectivity index (χ4n) is 2.83. The van der Waals surface area contributed by atoms with Gasteiger partial charge in [-0.1, -0.05) is 86.5 Å². The van der Waals surface area contributed by atoms with Gasteiger partial charge in [0.15, 0.2) is 0 Å². The molecule has 0 heterocycles. The molecule has 23 heavy (non-hydrogen) atoms. The monoisotopic (exact) mass is 430 g/mol. The molecule has 0 saturated carbocycles. The average Bonchev–Trinajstić information content (AvgIpc) is 2.59. The lowest BCUT2D eigenvalue weighted by Gasteiger charge is -2.23. The lowest BCUT2D eigenvalue weighted by Crippen LogP contribution is -2.07. The highest BCUT2D eigenvalue weighted by Crippen LogP contribution is 2.42. The van der Waals surface area contributed by atoms with Crippen LogP contribution in [0.1, 0.15) is 22.6 Å². The highest BCUT2D eigenvalue weighted by atomic mass is 79.9. The number of rotatable bonds is 4. The topological polar surface area (TPSA) is 9.23 Å². The SMILES string of the molecule is COc1ccccc1C(c1ccccc1Br)c1ccccc1Br. The van der Waals surface area contributed by atoms with Crippen LogP contribution < -0.4 is 4.74 Å². The zero-order chi connectivity index (χ0) is 16.2. The molecule has 3 heteroatoms. The zero-order valence-electron chi connectivity index (χ0n) is 12.7. The van der Waals surface area contributed by atoms with E-state index in [0.717, 1.165) is 20.3 Å². The van der Waals surface area contributed by atoms with Crippen molar-refractivity contribution in [2.45, 2.75) is 5.92 Å². The number of methoxy groups -OCH3 is 1. The van der Waals surface area contributed by atoms with Crippen molar-refractivity contribution >= 4 is 31.9 Å². The summed E-state index contributed by atoms with van der Waals surface area (Å²) >= 11 is 7.41. The molecule has 0 aliphatic carbocycles. The molecule has 0 amide bonds. The van der Waals surface area contributed by atoms with E-state index in [0.29, 0.717) is 0 Å². The van der Waals surface area contributed by atoms with Gasteiger partial charge in [0, 0.05) is 20.4 Å². The maximum absolute atomic E-state index is 5.62. The summed E-state index contributed by atoms with van der Waals surface area (Å²) in [4.78, 5) is 0. The molecule has 3 aromatic carbocycles. The first-order chi connectivity index (χ1) is 11.2. The summed E-state index contributed by atoms with van der Waals surface area (Å²) in [7, 11) is 1.72. The Bertz CT molecular complexity index is 768. The largest absolute Gasteiger partial charge is 0.496 e. The van der Waals surface area contributed by atoms with Crippen molar-refractivity contribution in [3.63, 3.8) is 0 Å². The number of hydrogen-bond acceptors (Lipinski definition) is 1. The van der Waals surface area contributed by atoms with Crippen LogP contribution in [0.2, 0.25) is 0 Å². The third-order valence-corrected chi connectivity index (χ3v) is 5.33. The van der Waals surface area contributed by atoms with Gasteiger partial charge in [0.05, 0.1) is 7.11 Å². The molecule has 0 bridgehead atoms. The molecule has 0 N–H and O–H groups in total. The first-order valence-electron chi connectivity index (χ1n) is 7.34. The van der Waals surface area contributed by atoms with E-state index < -0.39 is 0 Å². The second-order valence-electron chi connectivity index (χ2n) is 5.22. The molecule has 1 nitrogen and oxygen atoms in total. The molecular formula is C20H16Br2O. The van der Waals surface area contributed by atoms with Gasteiger partial charge < -0.3 is 4.74 Å². The lowest BCUT2D eigenvalue weighted by molar-refractivity contribution is 0.409. The predicted molar refractivity (Wildman–Crippen MR) is 102 cm³/mol. The maximum atomic E-state index is 5.62. The van der Waals surface area contributed by atoms with E-state index in [4.69, 9.17) is 4.74 Å². The molecule has 116 valence electrons. The highest BCUT2D eigenvalue weighted by molar-refractivity contribution is 9.10. The van der Waals surface area contributed by atoms with Crippen LogP contribution in [0.25, 0.3) is 0 Å². The second kappa shape index (κ2) is 7.33. The molecule has 0 radical (unpaired) electrons. The normalized spacial score (nSPS) is 10.8. The number of benzene rings is 3. The number of halogens is 2. The minimum atomic E-state index is 0.0808. The quantitative estimate of drug-likeness (QED) is 0.434. The van der Waals surface area contributed by atoms with Crippen molar-refractivity contribution in [1.82, 2.24) is 0 Å². The summed E-state index contributed by atoms with van der Waals surface area (Å²) in [6.45, 7) is 0. The average molecular weight is 432 g/mol. The summed E-state index contributed by atoms with van der Waals surface area (Å²) in [6, 6.07) is 24.9. The van der Waals surface area contributed by atoms with Crippen molar-refractivity contribution in [2.75, 3.05) is 7.11 Å². The standard InChI is InChI=1S/C20H16Br2O/c1-23-19-13-7-4-10-16(19)20(14-8-2-5-11-17(14)21)15-9-3-6-12-18(15)22/h2-13,20H,1H3. The molecule has 0 fully saturated rings. The van der Waals surface area contributed by atoms with Gasteiger partial charge in [-0.3, -0.25) is 0 Å². The van der Waals surface area contributed by atoms with Crippen LogP contribution in [0, 0.1) is 0 Å². The third-order valence-electron chi connectivity index (χ3n) is 3.88. The third kappa shape index (κ3) is 3.36. The molecule has 0 aromatic heterocycles. The van der Waals surface area contributed by atoms with Crippen molar-refractivity contribution in [1.29, 1.82) is 0 Å². The van der Waals surface area contributed by atoms with E-state index in [2.05, 4.69) is 80.4 Å². The summed E-state index contributed by atoms with van der Waals surface area (Å²) in [5, 5.41) is 0. The van der Waals surface area contributed by atoms with E-state index in [9.17, 15) is 0 Å². The summed E-state index contributed by atoms with van der Waals surface area (Å²) < 4.78 is 7.80. The van der Waals surface area contributed by atoms with Gasteiger partial charge in [-0.25, -0.2) is 0 Å². The Morgan fingerprint density at radius 1 is 0.652 bits per heavy atom. The van der Waals surface area contributed by atoms with E-state index in [1.54, 1.807) is 7.11 Å². The first kappa shape index (κ1) is 16.3. The van der Waals surface area contributed by atoms with E-state index in [1.807, 2.05) is 24.3 Å². The van der Waals surface area contributed by atoms with Gasteiger partial charge in [-0.05, 0) is 29.3 Å². The minimum absolute atomic E-state index is 0.0808. The molecule has 0 unspecified atom stereocenters.